The molecule has 5 heteroatoms. The van der Waals surface area contributed by atoms with Gasteiger partial charge in [-0.25, -0.2) is 8.42 Å². The Hall–Kier alpha value is -1.85. The summed E-state index contributed by atoms with van der Waals surface area (Å²) in [6.07, 6.45) is 4.33. The van der Waals surface area contributed by atoms with E-state index in [1.807, 2.05) is 6.07 Å². The fourth-order valence-corrected chi connectivity index (χ4v) is 5.74. The molecule has 2 aliphatic heterocycles. The van der Waals surface area contributed by atoms with Gasteiger partial charge in [0.05, 0.1) is 10.6 Å². The second-order valence-electron chi connectivity index (χ2n) is 7.89. The van der Waals surface area contributed by atoms with Gasteiger partial charge in [0, 0.05) is 24.2 Å². The summed E-state index contributed by atoms with van der Waals surface area (Å²) < 4.78 is 25.1. The predicted molar refractivity (Wildman–Crippen MR) is 110 cm³/mol. The van der Waals surface area contributed by atoms with Crippen molar-refractivity contribution in [1.82, 2.24) is 4.90 Å². The Kier molecular flexibility index (Phi) is 5.24. The third-order valence-corrected chi connectivity index (χ3v) is 7.82. The van der Waals surface area contributed by atoms with Gasteiger partial charge in [-0.05, 0) is 68.6 Å². The van der Waals surface area contributed by atoms with Crippen LogP contribution in [-0.4, -0.2) is 45.2 Å². The van der Waals surface area contributed by atoms with Crippen molar-refractivity contribution in [3.8, 4) is 0 Å². The number of sulfone groups is 1. The number of aryl methyl sites for hydroxylation is 1. The summed E-state index contributed by atoms with van der Waals surface area (Å²) in [5.74, 6) is 0.676. The predicted octanol–water partition coefficient (Wildman–Crippen LogP) is 3.70. The summed E-state index contributed by atoms with van der Waals surface area (Å²) in [5, 5.41) is 3.53. The largest absolute Gasteiger partial charge is 0.384 e. The molecule has 0 radical (unpaired) electrons. The van der Waals surface area contributed by atoms with E-state index in [0.717, 1.165) is 12.1 Å². The zero-order chi connectivity index (χ0) is 18.9. The van der Waals surface area contributed by atoms with Gasteiger partial charge in [0.1, 0.15) is 0 Å². The number of nitrogens with zero attached hydrogens (tertiary/aromatic N) is 1. The number of nitrogens with one attached hydrogen (secondary N) is 1. The third-order valence-electron chi connectivity index (χ3n) is 6.08. The van der Waals surface area contributed by atoms with E-state index in [2.05, 4.69) is 35.5 Å². The molecule has 1 saturated heterocycles. The van der Waals surface area contributed by atoms with Gasteiger partial charge >= 0.3 is 0 Å². The Labute approximate surface area is 162 Å². The van der Waals surface area contributed by atoms with Crippen LogP contribution in [0.4, 0.5) is 5.69 Å². The van der Waals surface area contributed by atoms with Gasteiger partial charge in [-0.1, -0.05) is 30.3 Å². The molecule has 1 fully saturated rings. The maximum atomic E-state index is 12.6. The molecule has 0 saturated carbocycles. The van der Waals surface area contributed by atoms with Crippen molar-refractivity contribution in [2.75, 3.05) is 31.2 Å². The van der Waals surface area contributed by atoms with Crippen LogP contribution in [0.1, 0.15) is 36.3 Å². The van der Waals surface area contributed by atoms with Crippen molar-refractivity contribution in [2.24, 2.45) is 0 Å². The van der Waals surface area contributed by atoms with Crippen LogP contribution in [-0.2, 0) is 16.3 Å². The number of benzene rings is 2. The van der Waals surface area contributed by atoms with E-state index in [1.165, 1.54) is 37.1 Å². The molecule has 0 spiro atoms. The van der Waals surface area contributed by atoms with Crippen molar-refractivity contribution < 1.29 is 8.42 Å². The minimum Gasteiger partial charge on any atom is -0.384 e. The highest BCUT2D eigenvalue weighted by molar-refractivity contribution is 7.91. The van der Waals surface area contributed by atoms with Crippen molar-refractivity contribution in [1.29, 1.82) is 0 Å². The lowest BCUT2D eigenvalue weighted by atomic mass is 9.91. The maximum absolute atomic E-state index is 12.6. The minimum atomic E-state index is -3.23. The summed E-state index contributed by atoms with van der Waals surface area (Å²) in [5.41, 5.74) is 3.70. The van der Waals surface area contributed by atoms with Crippen molar-refractivity contribution >= 4 is 15.5 Å². The molecular weight excluding hydrogens is 356 g/mol. The van der Waals surface area contributed by atoms with Crippen LogP contribution in [0.15, 0.2) is 53.4 Å². The molecule has 27 heavy (non-hydrogen) atoms. The van der Waals surface area contributed by atoms with Gasteiger partial charge in [-0.3, -0.25) is 0 Å². The van der Waals surface area contributed by atoms with Gasteiger partial charge in [-0.15, -0.1) is 0 Å². The minimum absolute atomic E-state index is 0.152. The topological polar surface area (TPSA) is 49.4 Å². The summed E-state index contributed by atoms with van der Waals surface area (Å²) in [6, 6.07) is 15.8. The summed E-state index contributed by atoms with van der Waals surface area (Å²) in [4.78, 5) is 2.89. The molecule has 144 valence electrons. The number of anilines is 1. The maximum Gasteiger partial charge on any atom is 0.178 e. The van der Waals surface area contributed by atoms with E-state index < -0.39 is 9.84 Å². The molecule has 0 amide bonds. The van der Waals surface area contributed by atoms with Crippen LogP contribution in [0.5, 0.6) is 0 Å². The summed E-state index contributed by atoms with van der Waals surface area (Å²) in [7, 11) is -1.01. The molecule has 0 unspecified atom stereocenters. The van der Waals surface area contributed by atoms with Crippen LogP contribution in [0.25, 0.3) is 0 Å². The lowest BCUT2D eigenvalue weighted by molar-refractivity contribution is 0.285. The normalized spacial score (nSPS) is 22.6. The average Bonchev–Trinajstić information content (AvgIpc) is 3.27. The van der Waals surface area contributed by atoms with Crippen LogP contribution < -0.4 is 5.32 Å². The van der Waals surface area contributed by atoms with Gasteiger partial charge in [0.25, 0.3) is 0 Å². The number of fused-ring (bicyclic) bond motifs is 1. The molecule has 2 aromatic carbocycles. The molecule has 0 aliphatic carbocycles. The Bertz CT molecular complexity index is 896. The standard InChI is InChI=1S/C22H28N2O2S/c1-24-12-5-6-19(24)15-18-16-23-22-10-9-17(14-21(18)22)11-13-27(25,26)20-7-3-2-4-8-20/h2-4,7-10,14,18-19,23H,5-6,11-13,15-16H2,1H3/t18-,19-/m1/s1. The van der Waals surface area contributed by atoms with E-state index in [-0.39, 0.29) is 5.75 Å². The highest BCUT2D eigenvalue weighted by Crippen LogP contribution is 2.37. The van der Waals surface area contributed by atoms with E-state index >= 15 is 0 Å². The number of hydrogen-bond acceptors (Lipinski definition) is 4. The second-order valence-corrected chi connectivity index (χ2v) is 10.0. The van der Waals surface area contributed by atoms with Gasteiger partial charge < -0.3 is 10.2 Å². The molecule has 2 atom stereocenters. The molecule has 4 rings (SSSR count). The highest BCUT2D eigenvalue weighted by atomic mass is 32.2. The first-order valence-corrected chi connectivity index (χ1v) is 11.5. The number of hydrogen-bond donors (Lipinski definition) is 1. The van der Waals surface area contributed by atoms with Crippen molar-refractivity contribution in [3.05, 3.63) is 59.7 Å². The Morgan fingerprint density at radius 1 is 1.15 bits per heavy atom. The van der Waals surface area contributed by atoms with E-state index in [4.69, 9.17) is 0 Å². The SMILES string of the molecule is CN1CCC[C@@H]1C[C@@H]1CNc2ccc(CCS(=O)(=O)c3ccccc3)cc21. The molecule has 0 bridgehead atoms. The van der Waals surface area contributed by atoms with Crippen molar-refractivity contribution in [3.63, 3.8) is 0 Å². The van der Waals surface area contributed by atoms with Crippen LogP contribution in [0.2, 0.25) is 0 Å². The average molecular weight is 385 g/mol. The van der Waals surface area contributed by atoms with Crippen LogP contribution in [0.3, 0.4) is 0 Å². The van der Waals surface area contributed by atoms with E-state index in [0.29, 0.717) is 23.3 Å². The zero-order valence-electron chi connectivity index (χ0n) is 15.9. The monoisotopic (exact) mass is 384 g/mol. The van der Waals surface area contributed by atoms with E-state index in [9.17, 15) is 8.42 Å². The lowest BCUT2D eigenvalue weighted by Crippen LogP contribution is -2.27. The molecule has 0 aromatic heterocycles. The molecule has 4 nitrogen and oxygen atoms in total. The third kappa shape index (κ3) is 4.04. The lowest BCUT2D eigenvalue weighted by Gasteiger charge is -2.23. The fraction of sp³-hybridized carbons (Fsp3) is 0.455. The molecule has 2 heterocycles. The molecule has 1 N–H and O–H groups in total. The van der Waals surface area contributed by atoms with Gasteiger partial charge in [-0.2, -0.15) is 0 Å². The first kappa shape index (κ1) is 18.5. The zero-order valence-corrected chi connectivity index (χ0v) is 16.7. The Morgan fingerprint density at radius 3 is 2.70 bits per heavy atom. The number of rotatable bonds is 6. The highest BCUT2D eigenvalue weighted by Gasteiger charge is 2.29. The van der Waals surface area contributed by atoms with Gasteiger partial charge in [0.2, 0.25) is 0 Å². The van der Waals surface area contributed by atoms with Crippen molar-refractivity contribution in [2.45, 2.75) is 42.5 Å². The molecule has 2 aromatic rings. The first-order valence-electron chi connectivity index (χ1n) is 9.88. The Balaban J connectivity index is 1.46. The van der Waals surface area contributed by atoms with Crippen LogP contribution >= 0.6 is 0 Å². The summed E-state index contributed by atoms with van der Waals surface area (Å²) >= 11 is 0. The quantitative estimate of drug-likeness (QED) is 0.825. The Morgan fingerprint density at radius 2 is 1.96 bits per heavy atom. The molecular formula is C22H28N2O2S. The smallest absolute Gasteiger partial charge is 0.178 e. The number of likely N-dealkylation sites (tertiary alicyclic amines) is 1. The molecule has 2 aliphatic rings. The van der Waals surface area contributed by atoms with E-state index in [1.54, 1.807) is 24.3 Å². The fourth-order valence-electron chi connectivity index (χ4n) is 4.42. The van der Waals surface area contributed by atoms with Crippen LogP contribution in [0, 0.1) is 0 Å². The van der Waals surface area contributed by atoms with Gasteiger partial charge in [0.15, 0.2) is 9.84 Å². The summed E-state index contributed by atoms with van der Waals surface area (Å²) in [6.45, 7) is 2.19. The second kappa shape index (κ2) is 7.64. The first-order chi connectivity index (χ1) is 13.0.